The molecule has 3 rings (SSSR count). The van der Waals surface area contributed by atoms with Crippen LogP contribution in [-0.4, -0.2) is 36.3 Å². The predicted octanol–water partition coefficient (Wildman–Crippen LogP) is 3.63. The smallest absolute Gasteiger partial charge is 0.272 e. The maximum absolute atomic E-state index is 13.2. The van der Waals surface area contributed by atoms with Crippen LogP contribution in [0.15, 0.2) is 35.4 Å². The Hall–Kier alpha value is -1.90. The SMILES string of the molecule is Cn1cc(S(=O)(=O)N2CCCCCC2)cc1C(=O)Nc1ccc(F)c(Cl)c1. The van der Waals surface area contributed by atoms with Crippen LogP contribution in [-0.2, 0) is 17.1 Å². The van der Waals surface area contributed by atoms with Crippen molar-refractivity contribution in [2.45, 2.75) is 30.6 Å². The minimum Gasteiger partial charge on any atom is -0.345 e. The van der Waals surface area contributed by atoms with Gasteiger partial charge in [-0.05, 0) is 37.1 Å². The highest BCUT2D eigenvalue weighted by Gasteiger charge is 2.28. The number of rotatable bonds is 4. The molecule has 0 spiro atoms. The van der Waals surface area contributed by atoms with Crippen LogP contribution < -0.4 is 5.32 Å². The molecule has 1 N–H and O–H groups in total. The van der Waals surface area contributed by atoms with Crippen LogP contribution in [0.5, 0.6) is 0 Å². The van der Waals surface area contributed by atoms with Crippen LogP contribution in [0.3, 0.4) is 0 Å². The van der Waals surface area contributed by atoms with Crippen molar-refractivity contribution in [1.29, 1.82) is 0 Å². The molecular formula is C18H21ClFN3O3S. The Kier molecular flexibility index (Phi) is 5.88. The number of hydrogen-bond donors (Lipinski definition) is 1. The van der Waals surface area contributed by atoms with Gasteiger partial charge < -0.3 is 9.88 Å². The Bertz CT molecular complexity index is 951. The number of nitrogens with one attached hydrogen (secondary N) is 1. The summed E-state index contributed by atoms with van der Waals surface area (Å²) in [6.45, 7) is 0.986. The maximum Gasteiger partial charge on any atom is 0.272 e. The van der Waals surface area contributed by atoms with Crippen molar-refractivity contribution in [3.8, 4) is 0 Å². The Morgan fingerprint density at radius 3 is 2.44 bits per heavy atom. The van der Waals surface area contributed by atoms with Crippen molar-refractivity contribution in [1.82, 2.24) is 8.87 Å². The topological polar surface area (TPSA) is 71.4 Å². The summed E-state index contributed by atoms with van der Waals surface area (Å²) in [5.74, 6) is -1.09. The lowest BCUT2D eigenvalue weighted by Crippen LogP contribution is -2.31. The van der Waals surface area contributed by atoms with Crippen LogP contribution in [0.25, 0.3) is 0 Å². The molecule has 0 atom stereocenters. The summed E-state index contributed by atoms with van der Waals surface area (Å²) in [6.07, 6.45) is 5.16. The van der Waals surface area contributed by atoms with E-state index in [0.29, 0.717) is 18.8 Å². The first-order chi connectivity index (χ1) is 12.8. The summed E-state index contributed by atoms with van der Waals surface area (Å²) in [4.78, 5) is 12.6. The van der Waals surface area contributed by atoms with Gasteiger partial charge in [-0.15, -0.1) is 0 Å². The van der Waals surface area contributed by atoms with Gasteiger partial charge in [0.1, 0.15) is 16.4 Å². The first-order valence-corrected chi connectivity index (χ1v) is 10.5. The number of amides is 1. The second-order valence-corrected chi connectivity index (χ2v) is 8.92. The van der Waals surface area contributed by atoms with E-state index in [-0.39, 0.29) is 15.6 Å². The lowest BCUT2D eigenvalue weighted by molar-refractivity contribution is 0.101. The van der Waals surface area contributed by atoms with Gasteiger partial charge >= 0.3 is 0 Å². The van der Waals surface area contributed by atoms with Gasteiger partial charge in [0.05, 0.1) is 5.02 Å². The zero-order valence-electron chi connectivity index (χ0n) is 14.9. The number of anilines is 1. The number of hydrogen-bond acceptors (Lipinski definition) is 3. The number of aromatic nitrogens is 1. The van der Waals surface area contributed by atoms with E-state index in [2.05, 4.69) is 5.32 Å². The zero-order valence-corrected chi connectivity index (χ0v) is 16.5. The van der Waals surface area contributed by atoms with E-state index >= 15 is 0 Å². The molecule has 0 unspecified atom stereocenters. The van der Waals surface area contributed by atoms with Crippen LogP contribution >= 0.6 is 11.6 Å². The first kappa shape index (κ1) is 19.9. The van der Waals surface area contributed by atoms with E-state index in [9.17, 15) is 17.6 Å². The molecule has 0 aliphatic carbocycles. The molecule has 1 fully saturated rings. The molecule has 0 radical (unpaired) electrons. The summed E-state index contributed by atoms with van der Waals surface area (Å²) in [5, 5.41) is 2.49. The molecule has 2 heterocycles. The molecular weight excluding hydrogens is 393 g/mol. The highest BCUT2D eigenvalue weighted by molar-refractivity contribution is 7.89. The molecule has 6 nitrogen and oxygen atoms in total. The average Bonchev–Trinajstić information content (AvgIpc) is 2.83. The van der Waals surface area contributed by atoms with Crippen molar-refractivity contribution in [3.05, 3.63) is 47.0 Å². The van der Waals surface area contributed by atoms with Gasteiger partial charge in [-0.2, -0.15) is 4.31 Å². The molecule has 1 aliphatic rings. The predicted molar refractivity (Wildman–Crippen MR) is 102 cm³/mol. The Labute approximate surface area is 163 Å². The molecule has 146 valence electrons. The number of benzene rings is 1. The molecule has 0 bridgehead atoms. The zero-order chi connectivity index (χ0) is 19.6. The fraction of sp³-hybridized carbons (Fsp3) is 0.389. The summed E-state index contributed by atoms with van der Waals surface area (Å²) in [7, 11) is -2.04. The standard InChI is InChI=1S/C18H21ClFN3O3S/c1-22-12-14(27(25,26)23-8-4-2-3-5-9-23)11-17(22)18(24)21-13-6-7-16(20)15(19)10-13/h6-7,10-12H,2-5,8-9H2,1H3,(H,21,24). The molecule has 1 saturated heterocycles. The molecule has 1 aromatic heterocycles. The van der Waals surface area contributed by atoms with Crippen molar-refractivity contribution in [2.75, 3.05) is 18.4 Å². The number of sulfonamides is 1. The van der Waals surface area contributed by atoms with E-state index < -0.39 is 21.7 Å². The molecule has 2 aromatic rings. The summed E-state index contributed by atoms with van der Waals surface area (Å²) in [6, 6.07) is 5.20. The summed E-state index contributed by atoms with van der Waals surface area (Å²) < 4.78 is 42.0. The van der Waals surface area contributed by atoms with E-state index in [0.717, 1.165) is 31.7 Å². The van der Waals surface area contributed by atoms with Crippen LogP contribution in [0.2, 0.25) is 5.02 Å². The van der Waals surface area contributed by atoms with Crippen LogP contribution in [0, 0.1) is 5.82 Å². The number of halogens is 2. The van der Waals surface area contributed by atoms with E-state index in [1.54, 1.807) is 7.05 Å². The highest BCUT2D eigenvalue weighted by Crippen LogP contribution is 2.23. The lowest BCUT2D eigenvalue weighted by atomic mass is 10.2. The normalized spacial score (nSPS) is 16.1. The monoisotopic (exact) mass is 413 g/mol. The van der Waals surface area contributed by atoms with Gasteiger partial charge in [-0.25, -0.2) is 12.8 Å². The third kappa shape index (κ3) is 4.34. The van der Waals surface area contributed by atoms with Crippen LogP contribution in [0.1, 0.15) is 36.2 Å². The fourth-order valence-electron chi connectivity index (χ4n) is 3.10. The largest absolute Gasteiger partial charge is 0.345 e. The second kappa shape index (κ2) is 8.00. The highest BCUT2D eigenvalue weighted by atomic mass is 35.5. The second-order valence-electron chi connectivity index (χ2n) is 6.57. The molecule has 27 heavy (non-hydrogen) atoms. The van der Waals surface area contributed by atoms with Gasteiger partial charge in [0, 0.05) is 32.0 Å². The minimum absolute atomic E-state index is 0.0918. The Balaban J connectivity index is 1.82. The summed E-state index contributed by atoms with van der Waals surface area (Å²) >= 11 is 5.72. The number of aryl methyl sites for hydroxylation is 1. The molecule has 1 aromatic carbocycles. The number of carbonyl (C=O) groups is 1. The minimum atomic E-state index is -3.64. The van der Waals surface area contributed by atoms with Gasteiger partial charge in [-0.1, -0.05) is 24.4 Å². The third-order valence-electron chi connectivity index (χ3n) is 4.59. The molecule has 9 heteroatoms. The van der Waals surface area contributed by atoms with Crippen molar-refractivity contribution in [2.24, 2.45) is 7.05 Å². The number of nitrogens with zero attached hydrogens (tertiary/aromatic N) is 2. The fourth-order valence-corrected chi connectivity index (χ4v) is 4.87. The third-order valence-corrected chi connectivity index (χ3v) is 6.75. The van der Waals surface area contributed by atoms with E-state index in [1.165, 1.54) is 33.3 Å². The number of carbonyl (C=O) groups excluding carboxylic acids is 1. The van der Waals surface area contributed by atoms with Gasteiger partial charge in [0.2, 0.25) is 10.0 Å². The van der Waals surface area contributed by atoms with Gasteiger partial charge in [0.25, 0.3) is 5.91 Å². The van der Waals surface area contributed by atoms with Gasteiger partial charge in [0.15, 0.2) is 0 Å². The van der Waals surface area contributed by atoms with E-state index in [4.69, 9.17) is 11.6 Å². The van der Waals surface area contributed by atoms with E-state index in [1.807, 2.05) is 0 Å². The summed E-state index contributed by atoms with van der Waals surface area (Å²) in [5.41, 5.74) is 0.508. The molecule has 1 amide bonds. The Morgan fingerprint density at radius 1 is 1.15 bits per heavy atom. The Morgan fingerprint density at radius 2 is 1.81 bits per heavy atom. The quantitative estimate of drug-likeness (QED) is 0.831. The van der Waals surface area contributed by atoms with Crippen molar-refractivity contribution >= 4 is 33.2 Å². The average molecular weight is 414 g/mol. The maximum atomic E-state index is 13.2. The van der Waals surface area contributed by atoms with Crippen molar-refractivity contribution in [3.63, 3.8) is 0 Å². The molecule has 1 aliphatic heterocycles. The van der Waals surface area contributed by atoms with Crippen LogP contribution in [0.4, 0.5) is 10.1 Å². The first-order valence-electron chi connectivity index (χ1n) is 8.72. The van der Waals surface area contributed by atoms with Gasteiger partial charge in [-0.3, -0.25) is 4.79 Å². The lowest BCUT2D eigenvalue weighted by Gasteiger charge is -2.18. The molecule has 0 saturated carbocycles. The van der Waals surface area contributed by atoms with Crippen molar-refractivity contribution < 1.29 is 17.6 Å².